The maximum Gasteiger partial charge on any atom is 1.00 e. The number of benzene rings is 3. The minimum absolute atomic E-state index is 0. The van der Waals surface area contributed by atoms with Crippen molar-refractivity contribution in [1.82, 2.24) is 0 Å². The van der Waals surface area contributed by atoms with Crippen molar-refractivity contribution in [3.05, 3.63) is 82.4 Å². The Bertz CT molecular complexity index is 1320. The zero-order chi connectivity index (χ0) is 20.9. The zero-order valence-corrected chi connectivity index (χ0v) is 18.9. The fourth-order valence-corrected chi connectivity index (χ4v) is 4.13. The van der Waals surface area contributed by atoms with E-state index in [0.29, 0.717) is 5.56 Å². The molecule has 148 valence electrons. The number of phenols is 1. The number of carbonyl (C=O) groups excluding carboxylic acids is 2. The largest absolute Gasteiger partial charge is 1.00 e. The number of hydrogen-bond acceptors (Lipinski definition) is 6. The van der Waals surface area contributed by atoms with Gasteiger partial charge in [0.15, 0.2) is 11.6 Å². The van der Waals surface area contributed by atoms with Crippen LogP contribution >= 0.6 is 0 Å². The molecule has 30 heavy (non-hydrogen) atoms. The average molecular weight is 433 g/mol. The van der Waals surface area contributed by atoms with Crippen LogP contribution in [0.2, 0.25) is 0 Å². The SMILES string of the molecule is Cc1ccc(Nc2ccc(O)c3c2C(=O)c2ccccc2C3=O)c(S(=O)(=O)O)c1.[H-].[Na+]. The van der Waals surface area contributed by atoms with Gasteiger partial charge >= 0.3 is 29.6 Å². The summed E-state index contributed by atoms with van der Waals surface area (Å²) in [5, 5.41) is 13.1. The molecule has 0 atom stereocenters. The van der Waals surface area contributed by atoms with Crippen LogP contribution in [0.4, 0.5) is 11.4 Å². The molecule has 0 aromatic heterocycles. The quantitative estimate of drug-likeness (QED) is 0.246. The summed E-state index contributed by atoms with van der Waals surface area (Å²) >= 11 is 0. The standard InChI is InChI=1S/C21H15NO6S.Na.H/c1-11-6-7-14(17(10-11)29(26,27)28)22-15-8-9-16(23)19-18(15)20(24)12-4-2-3-5-13(12)21(19)25;;/h2-10,22-23H,1H3,(H,26,27,28);;/q;+1;-1. The van der Waals surface area contributed by atoms with Crippen molar-refractivity contribution in [2.75, 3.05) is 5.32 Å². The molecule has 1 aliphatic carbocycles. The second kappa shape index (κ2) is 7.98. The molecule has 7 nitrogen and oxygen atoms in total. The third-order valence-electron chi connectivity index (χ3n) is 4.74. The van der Waals surface area contributed by atoms with Gasteiger partial charge in [-0.05, 0) is 36.8 Å². The number of hydrogen-bond donors (Lipinski definition) is 3. The Kier molecular flexibility index (Phi) is 5.90. The number of phenolic OH excluding ortho intramolecular Hbond substituents is 1. The number of nitrogens with one attached hydrogen (secondary N) is 1. The van der Waals surface area contributed by atoms with Crippen LogP contribution in [0, 0.1) is 6.92 Å². The third-order valence-corrected chi connectivity index (χ3v) is 5.63. The van der Waals surface area contributed by atoms with Crippen LogP contribution in [-0.4, -0.2) is 29.6 Å². The Balaban J connectivity index is 0.00000171. The molecule has 9 heteroatoms. The Morgan fingerprint density at radius 1 is 0.867 bits per heavy atom. The van der Waals surface area contributed by atoms with Gasteiger partial charge in [0.2, 0.25) is 0 Å². The molecule has 0 saturated heterocycles. The smallest absolute Gasteiger partial charge is 1.00 e. The van der Waals surface area contributed by atoms with Gasteiger partial charge < -0.3 is 11.8 Å². The van der Waals surface area contributed by atoms with Crippen molar-refractivity contribution in [2.24, 2.45) is 0 Å². The molecule has 0 fully saturated rings. The minimum Gasteiger partial charge on any atom is -1.00 e. The summed E-state index contributed by atoms with van der Waals surface area (Å²) in [5.74, 6) is -1.33. The van der Waals surface area contributed by atoms with Crippen LogP contribution in [0.25, 0.3) is 0 Å². The van der Waals surface area contributed by atoms with Gasteiger partial charge in [-0.1, -0.05) is 30.3 Å². The van der Waals surface area contributed by atoms with Crippen LogP contribution in [0.15, 0.2) is 59.5 Å². The van der Waals surface area contributed by atoms with E-state index in [1.165, 1.54) is 36.4 Å². The molecule has 0 heterocycles. The molecule has 3 aromatic carbocycles. The second-order valence-electron chi connectivity index (χ2n) is 6.69. The molecular weight excluding hydrogens is 417 g/mol. The van der Waals surface area contributed by atoms with Gasteiger partial charge in [0, 0.05) is 11.1 Å². The molecule has 0 amide bonds. The van der Waals surface area contributed by atoms with Crippen molar-refractivity contribution in [1.29, 1.82) is 0 Å². The molecule has 0 radical (unpaired) electrons. The molecule has 0 unspecified atom stereocenters. The van der Waals surface area contributed by atoms with E-state index in [1.807, 2.05) is 0 Å². The predicted octanol–water partition coefficient (Wildman–Crippen LogP) is 0.583. The molecule has 3 N–H and O–H groups in total. The molecule has 0 saturated carbocycles. The fourth-order valence-electron chi connectivity index (χ4n) is 3.40. The molecular formula is C21H16NNaO6S. The van der Waals surface area contributed by atoms with Crippen molar-refractivity contribution >= 4 is 33.1 Å². The molecule has 4 rings (SSSR count). The van der Waals surface area contributed by atoms with Gasteiger partial charge in [-0.3, -0.25) is 14.1 Å². The summed E-state index contributed by atoms with van der Waals surface area (Å²) in [7, 11) is -4.54. The average Bonchev–Trinajstić information content (AvgIpc) is 2.68. The van der Waals surface area contributed by atoms with Crippen molar-refractivity contribution in [3.8, 4) is 5.75 Å². The predicted molar refractivity (Wildman–Crippen MR) is 107 cm³/mol. The maximum atomic E-state index is 13.1. The first-order valence-electron chi connectivity index (χ1n) is 8.58. The second-order valence-corrected chi connectivity index (χ2v) is 8.08. The van der Waals surface area contributed by atoms with Gasteiger partial charge in [0.05, 0.1) is 22.5 Å². The molecule has 0 bridgehead atoms. The number of aryl methyl sites for hydroxylation is 1. The van der Waals surface area contributed by atoms with Crippen LogP contribution in [0.1, 0.15) is 38.8 Å². The first-order valence-corrected chi connectivity index (χ1v) is 10.0. The van der Waals surface area contributed by atoms with Crippen LogP contribution in [-0.2, 0) is 10.1 Å². The number of rotatable bonds is 3. The van der Waals surface area contributed by atoms with E-state index in [9.17, 15) is 27.7 Å². The van der Waals surface area contributed by atoms with E-state index in [0.717, 1.165) is 0 Å². The number of ketones is 2. The summed E-state index contributed by atoms with van der Waals surface area (Å²) < 4.78 is 33.1. The van der Waals surface area contributed by atoms with E-state index in [2.05, 4.69) is 5.32 Å². The number of anilines is 2. The summed E-state index contributed by atoms with van der Waals surface area (Å²) in [4.78, 5) is 25.6. The topological polar surface area (TPSA) is 121 Å². The maximum absolute atomic E-state index is 13.1. The number of carbonyl (C=O) groups is 2. The Hall–Kier alpha value is -2.49. The Labute approximate surface area is 196 Å². The van der Waals surface area contributed by atoms with Gasteiger partial charge in [-0.2, -0.15) is 8.42 Å². The number of aromatic hydroxyl groups is 1. The van der Waals surface area contributed by atoms with Crippen molar-refractivity contribution in [2.45, 2.75) is 11.8 Å². The number of fused-ring (bicyclic) bond motifs is 2. The first kappa shape index (κ1) is 22.2. The first-order chi connectivity index (χ1) is 13.7. The molecule has 0 spiro atoms. The van der Waals surface area contributed by atoms with Crippen LogP contribution in [0.5, 0.6) is 5.75 Å². The van der Waals surface area contributed by atoms with Gasteiger partial charge in [0.1, 0.15) is 10.6 Å². The molecule has 1 aliphatic rings. The molecule has 0 aliphatic heterocycles. The zero-order valence-electron chi connectivity index (χ0n) is 17.1. The summed E-state index contributed by atoms with van der Waals surface area (Å²) in [6.45, 7) is 1.67. The fraction of sp³-hybridized carbons (Fsp3) is 0.0476. The minimum atomic E-state index is -4.54. The van der Waals surface area contributed by atoms with Crippen LogP contribution in [0.3, 0.4) is 0 Å². The van der Waals surface area contributed by atoms with Crippen molar-refractivity contribution in [3.63, 3.8) is 0 Å². The van der Waals surface area contributed by atoms with E-state index >= 15 is 0 Å². The van der Waals surface area contributed by atoms with E-state index < -0.39 is 21.7 Å². The summed E-state index contributed by atoms with van der Waals surface area (Å²) in [6, 6.07) is 13.3. The monoisotopic (exact) mass is 433 g/mol. The summed E-state index contributed by atoms with van der Waals surface area (Å²) in [6.07, 6.45) is 0. The van der Waals surface area contributed by atoms with Crippen LogP contribution < -0.4 is 34.9 Å². The third kappa shape index (κ3) is 3.68. The van der Waals surface area contributed by atoms with Gasteiger partial charge in [-0.15, -0.1) is 0 Å². The van der Waals surface area contributed by atoms with E-state index in [1.54, 1.807) is 25.1 Å². The normalized spacial score (nSPS) is 12.6. The van der Waals surface area contributed by atoms with Gasteiger partial charge in [-0.25, -0.2) is 0 Å². The van der Waals surface area contributed by atoms with Gasteiger partial charge in [0.25, 0.3) is 10.1 Å². The summed E-state index contributed by atoms with van der Waals surface area (Å²) in [5.41, 5.74) is 0.944. The van der Waals surface area contributed by atoms with E-state index in [4.69, 9.17) is 0 Å². The van der Waals surface area contributed by atoms with E-state index in [-0.39, 0.29) is 75.3 Å². The molecule has 3 aromatic rings. The Morgan fingerprint density at radius 3 is 2.03 bits per heavy atom. The van der Waals surface area contributed by atoms with Crippen molar-refractivity contribution < 1.29 is 58.7 Å². The Morgan fingerprint density at radius 2 is 1.43 bits per heavy atom.